The Bertz CT molecular complexity index is 1690. The van der Waals surface area contributed by atoms with Crippen LogP contribution in [0.15, 0.2) is 86.6 Å². The molecule has 8 nitrogen and oxygen atoms in total. The second-order valence-electron chi connectivity index (χ2n) is 10.1. The molecule has 1 N–H and O–H groups in total. The molecule has 1 saturated heterocycles. The zero-order valence-electron chi connectivity index (χ0n) is 24.4. The van der Waals surface area contributed by atoms with Crippen LogP contribution in [0.25, 0.3) is 0 Å². The summed E-state index contributed by atoms with van der Waals surface area (Å²) in [6, 6.07) is 22.2. The lowest BCUT2D eigenvalue weighted by Crippen LogP contribution is -2.34. The van der Waals surface area contributed by atoms with Crippen molar-refractivity contribution in [1.29, 1.82) is 0 Å². The molecule has 220 valence electrons. The Morgan fingerprint density at radius 3 is 2.45 bits per heavy atom. The molecule has 3 aromatic carbocycles. The van der Waals surface area contributed by atoms with Gasteiger partial charge in [0.05, 0.1) is 23.3 Å². The number of aliphatic imine (C=N–C) groups is 1. The van der Waals surface area contributed by atoms with Crippen molar-refractivity contribution in [2.45, 2.75) is 32.6 Å². The number of nitrogens with zero attached hydrogens (tertiary/aromatic N) is 4. The van der Waals surface area contributed by atoms with Gasteiger partial charge in [-0.25, -0.2) is 18.1 Å². The molecule has 0 aliphatic carbocycles. The largest absolute Gasteiger partial charge is 0.370 e. The van der Waals surface area contributed by atoms with Crippen LogP contribution in [0.4, 0.5) is 22.7 Å². The zero-order valence-corrected chi connectivity index (χ0v) is 26.9. The van der Waals surface area contributed by atoms with Crippen LogP contribution < -0.4 is 19.4 Å². The predicted molar refractivity (Wildman–Crippen MR) is 178 cm³/mol. The first-order chi connectivity index (χ1) is 20.1. The zero-order chi connectivity index (χ0) is 30.0. The average molecular weight is 622 g/mol. The number of carbonyl (C=O) groups is 1. The normalized spacial score (nSPS) is 17.8. The summed E-state index contributed by atoms with van der Waals surface area (Å²) in [7, 11) is -3.24. The lowest BCUT2D eigenvalue weighted by molar-refractivity contribution is -0.113. The van der Waals surface area contributed by atoms with Gasteiger partial charge in [0.1, 0.15) is 9.93 Å². The van der Waals surface area contributed by atoms with E-state index in [0.717, 1.165) is 56.9 Å². The third-order valence-electron chi connectivity index (χ3n) is 7.05. The summed E-state index contributed by atoms with van der Waals surface area (Å²) in [5.41, 5.74) is 5.70. The van der Waals surface area contributed by atoms with Gasteiger partial charge in [0.25, 0.3) is 5.91 Å². The number of hydrogen-bond donors (Lipinski definition) is 1. The summed E-state index contributed by atoms with van der Waals surface area (Å²) < 4.78 is 25.5. The maximum atomic E-state index is 14.1. The van der Waals surface area contributed by atoms with E-state index in [0.29, 0.717) is 23.2 Å². The van der Waals surface area contributed by atoms with Crippen molar-refractivity contribution in [3.63, 3.8) is 0 Å². The van der Waals surface area contributed by atoms with Crippen molar-refractivity contribution in [1.82, 2.24) is 4.72 Å². The molecule has 2 aliphatic rings. The fourth-order valence-electron chi connectivity index (χ4n) is 4.99. The number of amides is 1. The highest BCUT2D eigenvalue weighted by molar-refractivity contribution is 8.20. The van der Waals surface area contributed by atoms with Gasteiger partial charge < -0.3 is 9.80 Å². The third kappa shape index (κ3) is 6.39. The van der Waals surface area contributed by atoms with E-state index in [1.54, 1.807) is 16.7 Å². The lowest BCUT2D eigenvalue weighted by atomic mass is 10.1. The second kappa shape index (κ2) is 12.5. The average Bonchev–Trinajstić information content (AvgIpc) is 3.48. The number of hydrogen-bond acceptors (Lipinski definition) is 8. The molecule has 0 radical (unpaired) electrons. The molecule has 0 saturated carbocycles. The van der Waals surface area contributed by atoms with E-state index in [2.05, 4.69) is 39.6 Å². The number of thioether (sulfide) groups is 2. The van der Waals surface area contributed by atoms with E-state index in [-0.39, 0.29) is 5.91 Å². The van der Waals surface area contributed by atoms with Gasteiger partial charge in [0.15, 0.2) is 5.17 Å². The first-order valence-electron chi connectivity index (χ1n) is 13.9. The number of aryl methyl sites for hydroxylation is 2. The molecule has 42 heavy (non-hydrogen) atoms. The molecule has 11 heteroatoms. The van der Waals surface area contributed by atoms with Crippen LogP contribution in [0.2, 0.25) is 0 Å². The summed E-state index contributed by atoms with van der Waals surface area (Å²) >= 11 is 3.05. The molecule has 3 aromatic rings. The Morgan fingerprint density at radius 2 is 1.76 bits per heavy atom. The van der Waals surface area contributed by atoms with Crippen LogP contribution >= 0.6 is 23.5 Å². The molecule has 0 unspecified atom stereocenters. The van der Waals surface area contributed by atoms with E-state index in [4.69, 9.17) is 4.99 Å². The topological polar surface area (TPSA) is 85.3 Å². The summed E-state index contributed by atoms with van der Waals surface area (Å²) in [6.45, 7) is 10.5. The number of sulfonamides is 1. The van der Waals surface area contributed by atoms with E-state index >= 15 is 0 Å². The van der Waals surface area contributed by atoms with Gasteiger partial charge in [-0.05, 0) is 93.0 Å². The van der Waals surface area contributed by atoms with Crippen LogP contribution in [-0.2, 0) is 14.8 Å². The number of para-hydroxylation sites is 1. The minimum Gasteiger partial charge on any atom is -0.370 e. The number of likely N-dealkylation sites (N-methyl/N-ethyl adjacent to an activating group) is 1. The molecule has 0 spiro atoms. The standard InChI is InChI=1S/C31H35N5O3S3/c1-6-34(18-17-32-42(5,38)39)23-15-16-25(22(4)20-23)33-31-36(24-12-10-11-21(3)19-24)29(37)28(41-31)30-35(7-2)26-13-8-9-14-27(26)40-30/h8-16,19-20,32H,6-7,17-18H2,1-5H3/b30-28-,33-31?. The summed E-state index contributed by atoms with van der Waals surface area (Å²) in [5, 5.41) is 1.55. The molecular weight excluding hydrogens is 587 g/mol. The van der Waals surface area contributed by atoms with Crippen molar-refractivity contribution in [2.24, 2.45) is 4.99 Å². The molecule has 0 atom stereocenters. The SMILES string of the molecule is CCN(CCNS(C)(=O)=O)c1ccc(N=C2S/C(=C3\Sc4ccccc4N3CC)C(=O)N2c2cccc(C)c2)c(C)c1. The maximum Gasteiger partial charge on any atom is 0.274 e. The molecule has 5 rings (SSSR count). The maximum absolute atomic E-state index is 14.1. The molecule has 1 amide bonds. The van der Waals surface area contributed by atoms with E-state index in [1.807, 2.05) is 69.3 Å². The van der Waals surface area contributed by atoms with E-state index < -0.39 is 10.0 Å². The van der Waals surface area contributed by atoms with Crippen molar-refractivity contribution in [3.8, 4) is 0 Å². The number of carbonyl (C=O) groups excluding carboxylic acids is 1. The van der Waals surface area contributed by atoms with Crippen molar-refractivity contribution in [2.75, 3.05) is 47.1 Å². The highest BCUT2D eigenvalue weighted by Gasteiger charge is 2.40. The Morgan fingerprint density at radius 1 is 0.976 bits per heavy atom. The van der Waals surface area contributed by atoms with Gasteiger partial charge in [0, 0.05) is 36.8 Å². The molecule has 0 bridgehead atoms. The first kappa shape index (κ1) is 30.2. The Hall–Kier alpha value is -3.25. The Labute approximate surface area is 256 Å². The van der Waals surface area contributed by atoms with Crippen LogP contribution in [0.3, 0.4) is 0 Å². The molecule has 2 aliphatic heterocycles. The predicted octanol–water partition coefficient (Wildman–Crippen LogP) is 6.25. The summed E-state index contributed by atoms with van der Waals surface area (Å²) in [5.74, 6) is -0.0806. The van der Waals surface area contributed by atoms with Gasteiger partial charge >= 0.3 is 0 Å². The number of fused-ring (bicyclic) bond motifs is 1. The minimum absolute atomic E-state index is 0.0806. The highest BCUT2D eigenvalue weighted by atomic mass is 32.2. The molecular formula is C31H35N5O3S3. The van der Waals surface area contributed by atoms with Crippen molar-refractivity contribution < 1.29 is 13.2 Å². The number of nitrogens with one attached hydrogen (secondary N) is 1. The van der Waals surface area contributed by atoms with Crippen LogP contribution in [0.1, 0.15) is 25.0 Å². The third-order valence-corrected chi connectivity index (χ3v) is 10.1. The van der Waals surface area contributed by atoms with Crippen molar-refractivity contribution in [3.05, 3.63) is 87.8 Å². The van der Waals surface area contributed by atoms with Crippen LogP contribution in [0, 0.1) is 13.8 Å². The lowest BCUT2D eigenvalue weighted by Gasteiger charge is -2.24. The second-order valence-corrected chi connectivity index (χ2v) is 14.0. The number of amidine groups is 1. The molecule has 0 aromatic heterocycles. The van der Waals surface area contributed by atoms with Gasteiger partial charge in [-0.3, -0.25) is 9.69 Å². The number of benzene rings is 3. The monoisotopic (exact) mass is 621 g/mol. The summed E-state index contributed by atoms with van der Waals surface area (Å²) in [4.78, 5) is 27.0. The Kier molecular flexibility index (Phi) is 9.03. The van der Waals surface area contributed by atoms with Gasteiger partial charge in [-0.1, -0.05) is 36.0 Å². The quantitative estimate of drug-likeness (QED) is 0.283. The minimum atomic E-state index is -3.24. The summed E-state index contributed by atoms with van der Waals surface area (Å²) in [6.07, 6.45) is 1.17. The van der Waals surface area contributed by atoms with Gasteiger partial charge in [-0.15, -0.1) is 0 Å². The first-order valence-corrected chi connectivity index (χ1v) is 17.4. The molecule has 1 fully saturated rings. The smallest absolute Gasteiger partial charge is 0.274 e. The van der Waals surface area contributed by atoms with E-state index in [9.17, 15) is 13.2 Å². The number of rotatable bonds is 9. The number of anilines is 3. The van der Waals surface area contributed by atoms with Crippen molar-refractivity contribution >= 4 is 67.4 Å². The highest BCUT2D eigenvalue weighted by Crippen LogP contribution is 2.51. The van der Waals surface area contributed by atoms with E-state index in [1.165, 1.54) is 18.0 Å². The Balaban J connectivity index is 1.51. The van der Waals surface area contributed by atoms with Crippen LogP contribution in [0.5, 0.6) is 0 Å². The van der Waals surface area contributed by atoms with Crippen LogP contribution in [-0.4, -0.2) is 51.9 Å². The van der Waals surface area contributed by atoms with Gasteiger partial charge in [-0.2, -0.15) is 0 Å². The van der Waals surface area contributed by atoms with Gasteiger partial charge in [0.2, 0.25) is 10.0 Å². The fraction of sp³-hybridized carbons (Fsp3) is 0.290. The molecule has 2 heterocycles. The fourth-order valence-corrected chi connectivity index (χ4v) is 7.84.